The van der Waals surface area contributed by atoms with Gasteiger partial charge in [-0.25, -0.2) is 22.8 Å². The van der Waals surface area contributed by atoms with Crippen LogP contribution in [0.2, 0.25) is 5.02 Å². The number of anilines is 3. The highest BCUT2D eigenvalue weighted by Crippen LogP contribution is 2.27. The number of unbranched alkanes of at least 4 members (excludes halogenated alkanes) is 1. The Morgan fingerprint density at radius 2 is 1.67 bits per heavy atom. The Balaban J connectivity index is 0.00000154. The van der Waals surface area contributed by atoms with E-state index in [0.717, 1.165) is 67.4 Å². The van der Waals surface area contributed by atoms with Crippen molar-refractivity contribution in [2.24, 2.45) is 0 Å². The van der Waals surface area contributed by atoms with Crippen LogP contribution in [0, 0.1) is 5.82 Å². The second kappa shape index (κ2) is 16.2. The lowest BCUT2D eigenvalue weighted by atomic mass is 10.1. The van der Waals surface area contributed by atoms with Gasteiger partial charge < -0.3 is 19.9 Å². The summed E-state index contributed by atoms with van der Waals surface area (Å²) in [6.45, 7) is 8.49. The van der Waals surface area contributed by atoms with Crippen molar-refractivity contribution in [3.05, 3.63) is 96.2 Å². The molecule has 0 saturated heterocycles. The Bertz CT molecular complexity index is 1860. The maximum atomic E-state index is 13.4. The van der Waals surface area contributed by atoms with E-state index in [4.69, 9.17) is 21.5 Å². The standard InChI is InChI=1S/C32H34ClFN6O2S.CH2O2/c1-3-39(4-2)16-5-6-17-40-18-15-24-19-23(7-14-31(24)40)30-21-32(36-22-35-30)37-25-8-10-26(11-9-25)38-43(41,42)27-12-13-29(34)28(33)20-27;2-1-3/h7-15,18-22,38H,3-6,16-17H2,1-2H3,(H,35,36,37);1H,(H,2,3). The van der Waals surface area contributed by atoms with Crippen LogP contribution in [-0.2, 0) is 21.4 Å². The van der Waals surface area contributed by atoms with Gasteiger partial charge in [0.1, 0.15) is 18.0 Å². The number of hydrogen-bond donors (Lipinski definition) is 3. The highest BCUT2D eigenvalue weighted by atomic mass is 35.5. The molecular formula is C33H36ClFN6O4S. The van der Waals surface area contributed by atoms with Gasteiger partial charge in [0.2, 0.25) is 0 Å². The van der Waals surface area contributed by atoms with Crippen molar-refractivity contribution >= 4 is 56.2 Å². The van der Waals surface area contributed by atoms with Gasteiger partial charge in [-0.2, -0.15) is 0 Å². The average Bonchev–Trinajstić information content (AvgIpc) is 3.46. The predicted molar refractivity (Wildman–Crippen MR) is 181 cm³/mol. The molecule has 0 aliphatic heterocycles. The highest BCUT2D eigenvalue weighted by Gasteiger charge is 2.16. The second-order valence-electron chi connectivity index (χ2n) is 10.3. The molecule has 0 bridgehead atoms. The molecule has 5 rings (SSSR count). The summed E-state index contributed by atoms with van der Waals surface area (Å²) in [4.78, 5) is 19.5. The van der Waals surface area contributed by atoms with E-state index < -0.39 is 15.8 Å². The number of aryl methyl sites for hydroxylation is 1. The van der Waals surface area contributed by atoms with Crippen LogP contribution in [0.15, 0.2) is 90.2 Å². The maximum Gasteiger partial charge on any atom is 0.290 e. The zero-order chi connectivity index (χ0) is 33.1. The number of sulfonamides is 1. The van der Waals surface area contributed by atoms with Crippen LogP contribution in [0.4, 0.5) is 21.6 Å². The lowest BCUT2D eigenvalue weighted by Gasteiger charge is -2.17. The second-order valence-corrected chi connectivity index (χ2v) is 12.4. The number of halogens is 2. The fourth-order valence-electron chi connectivity index (χ4n) is 4.92. The quantitative estimate of drug-likeness (QED) is 0.0885. The summed E-state index contributed by atoms with van der Waals surface area (Å²) in [6.07, 6.45) is 5.98. The first-order valence-electron chi connectivity index (χ1n) is 14.7. The molecule has 2 heterocycles. The number of fused-ring (bicyclic) bond motifs is 1. The van der Waals surface area contributed by atoms with Gasteiger partial charge in [0, 0.05) is 46.6 Å². The molecule has 0 radical (unpaired) electrons. The summed E-state index contributed by atoms with van der Waals surface area (Å²) >= 11 is 5.75. The molecule has 0 fully saturated rings. The Kier molecular flexibility index (Phi) is 12.1. The van der Waals surface area contributed by atoms with Crippen LogP contribution < -0.4 is 10.0 Å². The van der Waals surface area contributed by atoms with Gasteiger partial charge in [0.05, 0.1) is 15.6 Å². The molecule has 0 spiro atoms. The van der Waals surface area contributed by atoms with Gasteiger partial charge in [-0.05, 0) is 93.1 Å². The van der Waals surface area contributed by atoms with Crippen LogP contribution in [0.5, 0.6) is 0 Å². The summed E-state index contributed by atoms with van der Waals surface area (Å²) in [5.74, 6) is -0.0824. The summed E-state index contributed by atoms with van der Waals surface area (Å²) in [6, 6.07) is 20.3. The van der Waals surface area contributed by atoms with Crippen molar-refractivity contribution < 1.29 is 22.7 Å². The highest BCUT2D eigenvalue weighted by molar-refractivity contribution is 7.92. The molecule has 0 saturated carbocycles. The predicted octanol–water partition coefficient (Wildman–Crippen LogP) is 7.26. The lowest BCUT2D eigenvalue weighted by Crippen LogP contribution is -2.24. The zero-order valence-electron chi connectivity index (χ0n) is 25.5. The van der Waals surface area contributed by atoms with Gasteiger partial charge in [0.15, 0.2) is 0 Å². The first-order chi connectivity index (χ1) is 22.2. The minimum Gasteiger partial charge on any atom is -0.483 e. The third kappa shape index (κ3) is 9.03. The number of carbonyl (C=O) groups is 1. The van der Waals surface area contributed by atoms with Crippen LogP contribution in [0.1, 0.15) is 26.7 Å². The van der Waals surface area contributed by atoms with E-state index in [1.54, 1.807) is 24.3 Å². The van der Waals surface area contributed by atoms with Crippen LogP contribution >= 0.6 is 11.6 Å². The molecule has 5 aromatic rings. The van der Waals surface area contributed by atoms with Gasteiger partial charge in [-0.15, -0.1) is 0 Å². The van der Waals surface area contributed by atoms with E-state index in [2.05, 4.69) is 73.8 Å². The van der Waals surface area contributed by atoms with Gasteiger partial charge in [0.25, 0.3) is 16.5 Å². The zero-order valence-corrected chi connectivity index (χ0v) is 27.1. The molecule has 2 aromatic heterocycles. The van der Waals surface area contributed by atoms with E-state index in [9.17, 15) is 12.8 Å². The maximum absolute atomic E-state index is 13.4. The minimum absolute atomic E-state index is 0.129. The fraction of sp³-hybridized carbons (Fsp3) is 0.242. The van der Waals surface area contributed by atoms with Gasteiger partial charge >= 0.3 is 0 Å². The molecule has 242 valence electrons. The molecule has 3 N–H and O–H groups in total. The minimum atomic E-state index is -3.93. The SMILES string of the molecule is CCN(CC)CCCCn1ccc2cc(-c3cc(Nc4ccc(NS(=O)(=O)c5ccc(F)c(Cl)c5)cc4)ncn3)ccc21.O=CO. The molecule has 3 aromatic carbocycles. The van der Waals surface area contributed by atoms with Crippen molar-refractivity contribution in [3.63, 3.8) is 0 Å². The fourth-order valence-corrected chi connectivity index (χ4v) is 6.25. The summed E-state index contributed by atoms with van der Waals surface area (Å²) in [5.41, 5.74) is 4.04. The third-order valence-electron chi connectivity index (χ3n) is 7.36. The number of carboxylic acid groups (broad SMARTS) is 1. The summed E-state index contributed by atoms with van der Waals surface area (Å²) in [5, 5.41) is 11.0. The van der Waals surface area contributed by atoms with Gasteiger partial charge in [-0.3, -0.25) is 9.52 Å². The molecule has 0 amide bonds. The van der Waals surface area contributed by atoms with E-state index in [-0.39, 0.29) is 16.4 Å². The first kappa shape index (κ1) is 34.4. The monoisotopic (exact) mass is 666 g/mol. The normalized spacial score (nSPS) is 11.2. The van der Waals surface area contributed by atoms with Gasteiger partial charge in [-0.1, -0.05) is 31.5 Å². The number of nitrogens with zero attached hydrogens (tertiary/aromatic N) is 4. The van der Waals surface area contributed by atoms with Crippen molar-refractivity contribution in [2.75, 3.05) is 29.7 Å². The average molecular weight is 667 g/mol. The number of rotatable bonds is 13. The summed E-state index contributed by atoms with van der Waals surface area (Å²) in [7, 11) is -3.93. The largest absolute Gasteiger partial charge is 0.483 e. The Morgan fingerprint density at radius 1 is 0.957 bits per heavy atom. The van der Waals surface area contributed by atoms with Crippen LogP contribution in [-0.4, -0.2) is 59.1 Å². The topological polar surface area (TPSA) is 129 Å². The smallest absolute Gasteiger partial charge is 0.290 e. The molecule has 0 aliphatic rings. The molecule has 0 aliphatic carbocycles. The number of aromatic nitrogens is 3. The van der Waals surface area contributed by atoms with Crippen LogP contribution in [0.3, 0.4) is 0 Å². The summed E-state index contributed by atoms with van der Waals surface area (Å²) < 4.78 is 43.6. The number of benzene rings is 3. The van der Waals surface area contributed by atoms with E-state index in [1.165, 1.54) is 18.3 Å². The van der Waals surface area contributed by atoms with E-state index in [0.29, 0.717) is 17.2 Å². The molecule has 13 heteroatoms. The molecule has 10 nitrogen and oxygen atoms in total. The number of nitrogens with one attached hydrogen (secondary N) is 2. The van der Waals surface area contributed by atoms with Crippen molar-refractivity contribution in [3.8, 4) is 11.3 Å². The van der Waals surface area contributed by atoms with Crippen molar-refractivity contribution in [2.45, 2.75) is 38.1 Å². The molecule has 46 heavy (non-hydrogen) atoms. The third-order valence-corrected chi connectivity index (χ3v) is 9.03. The molecule has 0 unspecified atom stereocenters. The Labute approximate surface area is 272 Å². The Morgan fingerprint density at radius 3 is 2.37 bits per heavy atom. The van der Waals surface area contributed by atoms with E-state index >= 15 is 0 Å². The molecular weight excluding hydrogens is 631 g/mol. The Hall–Kier alpha value is -4.52. The number of hydrogen-bond acceptors (Lipinski definition) is 7. The first-order valence-corrected chi connectivity index (χ1v) is 16.6. The van der Waals surface area contributed by atoms with E-state index in [1.807, 2.05) is 6.07 Å². The van der Waals surface area contributed by atoms with Crippen LogP contribution in [0.25, 0.3) is 22.2 Å². The lowest BCUT2D eigenvalue weighted by molar-refractivity contribution is -0.122. The van der Waals surface area contributed by atoms with Crippen molar-refractivity contribution in [1.82, 2.24) is 19.4 Å². The van der Waals surface area contributed by atoms with Crippen molar-refractivity contribution in [1.29, 1.82) is 0 Å². The molecule has 0 atom stereocenters.